The Bertz CT molecular complexity index is 760. The predicted molar refractivity (Wildman–Crippen MR) is 109 cm³/mol. The minimum Gasteiger partial charge on any atom is -0.503 e. The van der Waals surface area contributed by atoms with E-state index in [1.165, 1.54) is 32.2 Å². The van der Waals surface area contributed by atoms with Crippen molar-refractivity contribution in [3.63, 3.8) is 0 Å². The van der Waals surface area contributed by atoms with Crippen molar-refractivity contribution < 1.29 is 28.9 Å². The molecule has 2 fully saturated rings. The van der Waals surface area contributed by atoms with Gasteiger partial charge >= 0.3 is 5.97 Å². The number of pyridine rings is 1. The first-order valence-corrected chi connectivity index (χ1v) is 10.7. The van der Waals surface area contributed by atoms with Crippen LogP contribution < -0.4 is 10.1 Å². The van der Waals surface area contributed by atoms with Gasteiger partial charge in [-0.3, -0.25) is 4.79 Å². The molecule has 0 aromatic carbocycles. The van der Waals surface area contributed by atoms with Gasteiger partial charge < -0.3 is 24.6 Å². The van der Waals surface area contributed by atoms with Crippen molar-refractivity contribution in [2.75, 3.05) is 20.3 Å². The van der Waals surface area contributed by atoms with Gasteiger partial charge in [0.15, 0.2) is 17.2 Å². The van der Waals surface area contributed by atoms with E-state index >= 15 is 0 Å². The molecule has 8 nitrogen and oxygen atoms in total. The summed E-state index contributed by atoms with van der Waals surface area (Å²) in [4.78, 5) is 30.1. The standard InChI is InChI=1S/C22H32N2O6/c1-14(12-29-13-15-8-9-15)22(2,21(27)30-16-6-4-5-7-16)24-20(26)18-19(25)17(28-3)10-11-23-18/h10-11,14-16,25H,4-9,12-13H2,1-3H3,(H,24,26)/t14?,22-/m0/s1. The van der Waals surface area contributed by atoms with E-state index in [9.17, 15) is 14.7 Å². The topological polar surface area (TPSA) is 107 Å². The number of methoxy groups -OCH3 is 1. The summed E-state index contributed by atoms with van der Waals surface area (Å²) in [5, 5.41) is 13.0. The summed E-state index contributed by atoms with van der Waals surface area (Å²) < 4.78 is 16.6. The molecular weight excluding hydrogens is 388 g/mol. The molecule has 1 aromatic heterocycles. The number of esters is 1. The quantitative estimate of drug-likeness (QED) is 0.561. The van der Waals surface area contributed by atoms with Crippen molar-refractivity contribution in [2.24, 2.45) is 11.8 Å². The largest absolute Gasteiger partial charge is 0.503 e. The highest BCUT2D eigenvalue weighted by atomic mass is 16.5. The number of aromatic nitrogens is 1. The van der Waals surface area contributed by atoms with Gasteiger partial charge in [-0.25, -0.2) is 9.78 Å². The Labute approximate surface area is 177 Å². The highest BCUT2D eigenvalue weighted by Gasteiger charge is 2.44. The number of hydrogen-bond donors (Lipinski definition) is 2. The van der Waals surface area contributed by atoms with Crippen LogP contribution in [0.2, 0.25) is 0 Å². The zero-order valence-corrected chi connectivity index (χ0v) is 18.0. The fraction of sp³-hybridized carbons (Fsp3) is 0.682. The molecule has 1 heterocycles. The minimum atomic E-state index is -1.33. The van der Waals surface area contributed by atoms with Gasteiger partial charge in [0.2, 0.25) is 0 Å². The zero-order valence-electron chi connectivity index (χ0n) is 18.0. The summed E-state index contributed by atoms with van der Waals surface area (Å²) in [7, 11) is 1.39. The smallest absolute Gasteiger partial charge is 0.332 e. The first kappa shape index (κ1) is 22.3. The zero-order chi connectivity index (χ0) is 21.7. The first-order chi connectivity index (χ1) is 14.3. The number of amides is 1. The van der Waals surface area contributed by atoms with Gasteiger partial charge in [-0.2, -0.15) is 0 Å². The van der Waals surface area contributed by atoms with Crippen LogP contribution >= 0.6 is 0 Å². The van der Waals surface area contributed by atoms with Crippen LogP contribution in [0.1, 0.15) is 62.9 Å². The predicted octanol–water partition coefficient (Wildman–Crippen LogP) is 2.83. The van der Waals surface area contributed by atoms with Crippen LogP contribution in [0.4, 0.5) is 0 Å². The second-order valence-electron chi connectivity index (χ2n) is 8.56. The number of ether oxygens (including phenoxy) is 3. The van der Waals surface area contributed by atoms with Gasteiger partial charge in [-0.05, 0) is 51.4 Å². The molecule has 2 atom stereocenters. The molecular formula is C22H32N2O6. The molecule has 1 aromatic rings. The number of carbonyl (C=O) groups excluding carboxylic acids is 2. The molecule has 1 amide bonds. The lowest BCUT2D eigenvalue weighted by Gasteiger charge is -2.35. The molecule has 1 unspecified atom stereocenters. The molecule has 2 aliphatic carbocycles. The van der Waals surface area contributed by atoms with Crippen molar-refractivity contribution in [3.8, 4) is 11.5 Å². The highest BCUT2D eigenvalue weighted by Crippen LogP contribution is 2.31. The molecule has 0 spiro atoms. The molecule has 166 valence electrons. The molecule has 0 radical (unpaired) electrons. The molecule has 30 heavy (non-hydrogen) atoms. The molecule has 0 bridgehead atoms. The highest BCUT2D eigenvalue weighted by molar-refractivity contribution is 5.99. The molecule has 8 heteroatoms. The fourth-order valence-corrected chi connectivity index (χ4v) is 3.58. The third kappa shape index (κ3) is 5.22. The summed E-state index contributed by atoms with van der Waals surface area (Å²) in [6, 6.07) is 1.45. The normalized spacial score (nSPS) is 19.7. The maximum atomic E-state index is 13.1. The van der Waals surface area contributed by atoms with Crippen molar-refractivity contribution in [1.29, 1.82) is 0 Å². The van der Waals surface area contributed by atoms with Crippen LogP contribution in [0.5, 0.6) is 11.5 Å². The van der Waals surface area contributed by atoms with E-state index in [2.05, 4.69) is 10.3 Å². The summed E-state index contributed by atoms with van der Waals surface area (Å²) in [5.41, 5.74) is -1.54. The Kier molecular flexibility index (Phi) is 7.18. The fourth-order valence-electron chi connectivity index (χ4n) is 3.58. The summed E-state index contributed by atoms with van der Waals surface area (Å²) in [6.07, 6.45) is 7.31. The lowest BCUT2D eigenvalue weighted by Crippen LogP contribution is -2.59. The van der Waals surface area contributed by atoms with Gasteiger partial charge in [-0.1, -0.05) is 6.92 Å². The SMILES string of the molecule is COc1ccnc(C(=O)N[C@](C)(C(=O)OC2CCCC2)C(C)COCC2CC2)c1O. The van der Waals surface area contributed by atoms with Gasteiger partial charge in [0.25, 0.3) is 5.91 Å². The number of aromatic hydroxyl groups is 1. The lowest BCUT2D eigenvalue weighted by atomic mass is 9.87. The third-order valence-corrected chi connectivity index (χ3v) is 6.10. The van der Waals surface area contributed by atoms with Gasteiger partial charge in [0.1, 0.15) is 11.6 Å². The first-order valence-electron chi connectivity index (χ1n) is 10.7. The van der Waals surface area contributed by atoms with Gasteiger partial charge in [0.05, 0.1) is 13.7 Å². The summed E-state index contributed by atoms with van der Waals surface area (Å²) in [6.45, 7) is 4.46. The number of carbonyl (C=O) groups is 2. The summed E-state index contributed by atoms with van der Waals surface area (Å²) >= 11 is 0. The van der Waals surface area contributed by atoms with Crippen molar-refractivity contribution in [1.82, 2.24) is 10.3 Å². The molecule has 2 aliphatic rings. The van der Waals surface area contributed by atoms with Crippen molar-refractivity contribution >= 4 is 11.9 Å². The van der Waals surface area contributed by atoms with Gasteiger partial charge in [0, 0.05) is 24.8 Å². The van der Waals surface area contributed by atoms with E-state index in [1.807, 2.05) is 6.92 Å². The molecule has 2 N–H and O–H groups in total. The van der Waals surface area contributed by atoms with Crippen LogP contribution in [0, 0.1) is 11.8 Å². The van der Waals surface area contributed by atoms with E-state index < -0.39 is 17.4 Å². The average Bonchev–Trinajstić information content (AvgIpc) is 3.41. The van der Waals surface area contributed by atoms with E-state index in [0.717, 1.165) is 25.7 Å². The monoisotopic (exact) mass is 420 g/mol. The van der Waals surface area contributed by atoms with Crippen LogP contribution in [0.15, 0.2) is 12.3 Å². The van der Waals surface area contributed by atoms with Crippen LogP contribution in [-0.2, 0) is 14.3 Å². The van der Waals surface area contributed by atoms with E-state index in [4.69, 9.17) is 14.2 Å². The third-order valence-electron chi connectivity index (χ3n) is 6.10. The molecule has 0 saturated heterocycles. The molecule has 3 rings (SSSR count). The second kappa shape index (κ2) is 9.64. The Balaban J connectivity index is 1.76. The van der Waals surface area contributed by atoms with Crippen LogP contribution in [0.3, 0.4) is 0 Å². The Hall–Kier alpha value is -2.35. The number of hydrogen-bond acceptors (Lipinski definition) is 7. The van der Waals surface area contributed by atoms with E-state index in [-0.39, 0.29) is 29.2 Å². The van der Waals surface area contributed by atoms with E-state index in [0.29, 0.717) is 19.1 Å². The average molecular weight is 421 g/mol. The Morgan fingerprint density at radius 2 is 2.00 bits per heavy atom. The van der Waals surface area contributed by atoms with E-state index in [1.54, 1.807) is 6.92 Å². The number of nitrogens with one attached hydrogen (secondary N) is 1. The Morgan fingerprint density at radius 1 is 1.30 bits per heavy atom. The maximum absolute atomic E-state index is 13.1. The van der Waals surface area contributed by atoms with Crippen molar-refractivity contribution in [2.45, 2.75) is 64.0 Å². The number of rotatable bonds is 10. The maximum Gasteiger partial charge on any atom is 0.332 e. The lowest BCUT2D eigenvalue weighted by molar-refractivity contribution is -0.159. The molecule has 2 saturated carbocycles. The molecule has 0 aliphatic heterocycles. The minimum absolute atomic E-state index is 0.128. The second-order valence-corrected chi connectivity index (χ2v) is 8.56. The van der Waals surface area contributed by atoms with Crippen LogP contribution in [-0.4, -0.2) is 53.9 Å². The Morgan fingerprint density at radius 3 is 2.63 bits per heavy atom. The van der Waals surface area contributed by atoms with Crippen molar-refractivity contribution in [3.05, 3.63) is 18.0 Å². The summed E-state index contributed by atoms with van der Waals surface area (Å²) in [5.74, 6) is -1.16. The number of nitrogens with zero attached hydrogens (tertiary/aromatic N) is 1. The van der Waals surface area contributed by atoms with Gasteiger partial charge in [-0.15, -0.1) is 0 Å². The van der Waals surface area contributed by atoms with Crippen LogP contribution in [0.25, 0.3) is 0 Å².